The third-order valence-corrected chi connectivity index (χ3v) is 6.03. The Morgan fingerprint density at radius 3 is 2.96 bits per heavy atom. The van der Waals surface area contributed by atoms with Crippen molar-refractivity contribution in [3.05, 3.63) is 41.3 Å². The zero-order valence-corrected chi connectivity index (χ0v) is 16.9. The highest BCUT2D eigenvalue weighted by Gasteiger charge is 2.14. The topological polar surface area (TPSA) is 70.7 Å². The molecule has 1 aromatic carbocycles. The number of benzene rings is 1. The summed E-state index contributed by atoms with van der Waals surface area (Å²) < 4.78 is 2.22. The van der Waals surface area contributed by atoms with Crippen LogP contribution in [0, 0.1) is 11.3 Å². The number of nitrogens with one attached hydrogen (secondary N) is 1. The van der Waals surface area contributed by atoms with Crippen LogP contribution in [0.5, 0.6) is 0 Å². The van der Waals surface area contributed by atoms with Gasteiger partial charge in [0.25, 0.3) is 0 Å². The second-order valence-electron chi connectivity index (χ2n) is 6.21. The first-order valence-electron chi connectivity index (χ1n) is 9.08. The Bertz CT molecular complexity index is 954. The number of imidazole rings is 1. The molecule has 0 saturated heterocycles. The molecule has 0 saturated carbocycles. The number of carbonyl (C=O) groups is 1. The van der Waals surface area contributed by atoms with E-state index < -0.39 is 0 Å². The van der Waals surface area contributed by atoms with Crippen molar-refractivity contribution >= 4 is 45.0 Å². The van der Waals surface area contributed by atoms with Gasteiger partial charge in [-0.1, -0.05) is 50.1 Å². The van der Waals surface area contributed by atoms with E-state index in [-0.39, 0.29) is 11.7 Å². The number of hydrogen-bond acceptors (Lipinski definition) is 5. The van der Waals surface area contributed by atoms with Gasteiger partial charge in [-0.3, -0.25) is 4.79 Å². The van der Waals surface area contributed by atoms with Crippen LogP contribution >= 0.6 is 23.1 Å². The summed E-state index contributed by atoms with van der Waals surface area (Å²) in [6, 6.07) is 11.9. The number of thioether (sulfide) groups is 1. The van der Waals surface area contributed by atoms with E-state index >= 15 is 0 Å². The Kier molecular flexibility index (Phi) is 6.91. The number of rotatable bonds is 9. The molecule has 2 heterocycles. The SMILES string of the molecule is CCCCCCn1c(SCC(=O)Nc2sccc2C#N)nc2ccccc21. The molecule has 0 unspecified atom stereocenters. The van der Waals surface area contributed by atoms with Gasteiger partial charge >= 0.3 is 0 Å². The van der Waals surface area contributed by atoms with Crippen LogP contribution in [-0.2, 0) is 11.3 Å². The molecule has 0 spiro atoms. The van der Waals surface area contributed by atoms with E-state index in [1.54, 1.807) is 11.4 Å². The Balaban J connectivity index is 1.68. The van der Waals surface area contributed by atoms with Crippen LogP contribution in [-0.4, -0.2) is 21.2 Å². The van der Waals surface area contributed by atoms with E-state index in [1.165, 1.54) is 42.4 Å². The minimum atomic E-state index is -0.122. The summed E-state index contributed by atoms with van der Waals surface area (Å²) in [6.07, 6.45) is 4.75. The quantitative estimate of drug-likeness (QED) is 0.393. The van der Waals surface area contributed by atoms with Gasteiger partial charge in [0.05, 0.1) is 22.3 Å². The van der Waals surface area contributed by atoms with Gasteiger partial charge in [0.2, 0.25) is 5.91 Å². The fourth-order valence-electron chi connectivity index (χ4n) is 2.86. The number of nitrogens with zero attached hydrogens (tertiary/aromatic N) is 3. The molecule has 0 fully saturated rings. The molecule has 5 nitrogen and oxygen atoms in total. The first-order valence-corrected chi connectivity index (χ1v) is 10.9. The molecule has 0 atom stereocenters. The Morgan fingerprint density at radius 2 is 2.15 bits per heavy atom. The standard InChI is InChI=1S/C20H22N4OS2/c1-2-3-4-7-11-24-17-9-6-5-8-16(17)22-20(24)27-14-18(25)23-19-15(13-21)10-12-26-19/h5-6,8-10,12H,2-4,7,11,14H2,1H3,(H,23,25). The van der Waals surface area contributed by atoms with Crippen LogP contribution in [0.15, 0.2) is 40.9 Å². The molecule has 3 rings (SSSR count). The van der Waals surface area contributed by atoms with Gasteiger partial charge in [0.1, 0.15) is 11.1 Å². The van der Waals surface area contributed by atoms with E-state index in [1.807, 2.05) is 18.2 Å². The van der Waals surface area contributed by atoms with Crippen LogP contribution in [0.2, 0.25) is 0 Å². The lowest BCUT2D eigenvalue weighted by Crippen LogP contribution is -2.14. The van der Waals surface area contributed by atoms with Crippen molar-refractivity contribution in [2.75, 3.05) is 11.1 Å². The van der Waals surface area contributed by atoms with Crippen LogP contribution in [0.4, 0.5) is 5.00 Å². The summed E-state index contributed by atoms with van der Waals surface area (Å²) >= 11 is 2.80. The maximum atomic E-state index is 12.3. The highest BCUT2D eigenvalue weighted by molar-refractivity contribution is 7.99. The number of nitriles is 1. The number of unbranched alkanes of at least 4 members (excludes halogenated alkanes) is 3. The number of aromatic nitrogens is 2. The molecular weight excluding hydrogens is 376 g/mol. The zero-order chi connectivity index (χ0) is 19.1. The molecule has 0 radical (unpaired) electrons. The molecule has 1 N–H and O–H groups in total. The molecule has 27 heavy (non-hydrogen) atoms. The number of thiophene rings is 1. The zero-order valence-electron chi connectivity index (χ0n) is 15.3. The number of fused-ring (bicyclic) bond motifs is 1. The van der Waals surface area contributed by atoms with Crippen molar-refractivity contribution in [3.8, 4) is 6.07 Å². The summed E-state index contributed by atoms with van der Waals surface area (Å²) in [7, 11) is 0. The molecule has 0 aliphatic rings. The molecule has 7 heteroatoms. The molecule has 140 valence electrons. The van der Waals surface area contributed by atoms with E-state index in [2.05, 4.69) is 28.9 Å². The molecule has 2 aromatic heterocycles. The van der Waals surface area contributed by atoms with Gasteiger partial charge in [-0.05, 0) is 30.0 Å². The number of carbonyl (C=O) groups excluding carboxylic acids is 1. The van der Waals surface area contributed by atoms with Crippen LogP contribution in [0.1, 0.15) is 38.2 Å². The number of amides is 1. The molecule has 0 aliphatic carbocycles. The number of para-hydroxylation sites is 2. The maximum Gasteiger partial charge on any atom is 0.235 e. The van der Waals surface area contributed by atoms with Gasteiger partial charge in [-0.2, -0.15) is 5.26 Å². The maximum absolute atomic E-state index is 12.3. The van der Waals surface area contributed by atoms with Crippen LogP contribution in [0.25, 0.3) is 11.0 Å². The summed E-state index contributed by atoms with van der Waals surface area (Å²) in [5.74, 6) is 0.143. The second-order valence-corrected chi connectivity index (χ2v) is 8.07. The van der Waals surface area contributed by atoms with Gasteiger partial charge in [0.15, 0.2) is 5.16 Å². The molecule has 0 aliphatic heterocycles. The summed E-state index contributed by atoms with van der Waals surface area (Å²) in [4.78, 5) is 17.0. The van der Waals surface area contributed by atoms with E-state index in [0.717, 1.165) is 29.2 Å². The Hall–Kier alpha value is -2.30. The third kappa shape index (κ3) is 4.90. The minimum Gasteiger partial charge on any atom is -0.319 e. The molecular formula is C20H22N4OS2. The second kappa shape index (κ2) is 9.58. The Labute approximate surface area is 167 Å². The summed E-state index contributed by atoms with van der Waals surface area (Å²) in [6.45, 7) is 3.12. The number of aryl methyl sites for hydroxylation is 1. The monoisotopic (exact) mass is 398 g/mol. The average molecular weight is 399 g/mol. The summed E-state index contributed by atoms with van der Waals surface area (Å²) in [5.41, 5.74) is 2.57. The fourth-order valence-corrected chi connectivity index (χ4v) is 4.46. The largest absolute Gasteiger partial charge is 0.319 e. The number of anilines is 1. The highest BCUT2D eigenvalue weighted by atomic mass is 32.2. The van der Waals surface area contributed by atoms with Crippen molar-refractivity contribution in [3.63, 3.8) is 0 Å². The van der Waals surface area contributed by atoms with Crippen molar-refractivity contribution in [1.29, 1.82) is 5.26 Å². The van der Waals surface area contributed by atoms with Gasteiger partial charge in [-0.25, -0.2) is 4.98 Å². The van der Waals surface area contributed by atoms with Crippen molar-refractivity contribution in [2.24, 2.45) is 0 Å². The van der Waals surface area contributed by atoms with Gasteiger partial charge < -0.3 is 9.88 Å². The lowest BCUT2D eigenvalue weighted by molar-refractivity contribution is -0.113. The van der Waals surface area contributed by atoms with E-state index in [9.17, 15) is 4.79 Å². The molecule has 3 aromatic rings. The van der Waals surface area contributed by atoms with Crippen LogP contribution in [0.3, 0.4) is 0 Å². The normalized spacial score (nSPS) is 10.8. The lowest BCUT2D eigenvalue weighted by atomic mass is 10.2. The van der Waals surface area contributed by atoms with E-state index in [0.29, 0.717) is 10.6 Å². The predicted octanol–water partition coefficient (Wildman–Crippen LogP) is 5.28. The first-order chi connectivity index (χ1) is 13.2. The fraction of sp³-hybridized carbons (Fsp3) is 0.350. The lowest BCUT2D eigenvalue weighted by Gasteiger charge is -2.09. The van der Waals surface area contributed by atoms with Crippen molar-refractivity contribution < 1.29 is 4.79 Å². The number of hydrogen-bond donors (Lipinski definition) is 1. The third-order valence-electron chi connectivity index (χ3n) is 4.23. The first kappa shape index (κ1) is 19.5. The smallest absolute Gasteiger partial charge is 0.235 e. The van der Waals surface area contributed by atoms with Crippen molar-refractivity contribution in [1.82, 2.24) is 9.55 Å². The minimum absolute atomic E-state index is 0.122. The van der Waals surface area contributed by atoms with Gasteiger partial charge in [-0.15, -0.1) is 11.3 Å². The van der Waals surface area contributed by atoms with Crippen molar-refractivity contribution in [2.45, 2.75) is 44.3 Å². The van der Waals surface area contributed by atoms with Gasteiger partial charge in [0, 0.05) is 6.54 Å². The van der Waals surface area contributed by atoms with E-state index in [4.69, 9.17) is 10.2 Å². The average Bonchev–Trinajstić information content (AvgIpc) is 3.27. The summed E-state index contributed by atoms with van der Waals surface area (Å²) in [5, 5.41) is 15.2. The Morgan fingerprint density at radius 1 is 1.30 bits per heavy atom. The van der Waals surface area contributed by atoms with Crippen LogP contribution < -0.4 is 5.32 Å². The predicted molar refractivity (Wildman–Crippen MR) is 112 cm³/mol. The highest BCUT2D eigenvalue weighted by Crippen LogP contribution is 2.26. The molecule has 0 bridgehead atoms. The molecule has 1 amide bonds.